The molecule has 2 fully saturated rings. The zero-order valence-electron chi connectivity index (χ0n) is 20.3. The van der Waals surface area contributed by atoms with Crippen molar-refractivity contribution in [2.45, 2.75) is 66.1 Å². The molecule has 4 unspecified atom stereocenters. The Morgan fingerprint density at radius 3 is 2.42 bits per heavy atom. The van der Waals surface area contributed by atoms with E-state index >= 15 is 0 Å². The number of fused-ring (bicyclic) bond motifs is 2. The Hall–Kier alpha value is -1.58. The molecule has 2 saturated carbocycles. The third-order valence-electron chi connectivity index (χ3n) is 7.58. The number of nitrogens with zero attached hydrogens (tertiary/aromatic N) is 1. The number of aromatic nitrogens is 1. The van der Waals surface area contributed by atoms with Crippen molar-refractivity contribution in [3.8, 4) is 11.3 Å². The maximum absolute atomic E-state index is 9.99. The molecule has 1 radical (unpaired) electrons. The van der Waals surface area contributed by atoms with Gasteiger partial charge in [0.1, 0.15) is 0 Å². The molecule has 2 aromatic carbocycles. The Balaban J connectivity index is 0.000000192. The largest absolute Gasteiger partial charge is 0.392 e. The fourth-order valence-electron chi connectivity index (χ4n) is 5.91. The van der Waals surface area contributed by atoms with Crippen LogP contribution in [0.25, 0.3) is 22.2 Å². The average Bonchev–Trinajstić information content (AvgIpc) is 3.22. The summed E-state index contributed by atoms with van der Waals surface area (Å²) in [7, 11) is 0. The molecule has 2 aliphatic carbocycles. The number of rotatable bonds is 2. The molecule has 0 bridgehead atoms. The van der Waals surface area contributed by atoms with Gasteiger partial charge in [0.05, 0.1) is 17.7 Å². The van der Waals surface area contributed by atoms with Crippen molar-refractivity contribution >= 4 is 10.9 Å². The molecule has 5 rings (SSSR count). The van der Waals surface area contributed by atoms with Crippen molar-refractivity contribution in [3.63, 3.8) is 0 Å². The van der Waals surface area contributed by atoms with Crippen molar-refractivity contribution in [1.29, 1.82) is 0 Å². The second-order valence-electron chi connectivity index (χ2n) is 10.0. The summed E-state index contributed by atoms with van der Waals surface area (Å²) in [4.78, 5) is 4.76. The Kier molecular flexibility index (Phi) is 8.50. The third kappa shape index (κ3) is 5.41. The topological polar surface area (TPSA) is 53.4 Å². The van der Waals surface area contributed by atoms with Gasteiger partial charge in [-0.3, -0.25) is 4.98 Å². The Morgan fingerprint density at radius 1 is 1.00 bits per heavy atom. The van der Waals surface area contributed by atoms with Gasteiger partial charge < -0.3 is 10.2 Å². The van der Waals surface area contributed by atoms with E-state index in [0.717, 1.165) is 41.6 Å². The van der Waals surface area contributed by atoms with Crippen LogP contribution in [0.2, 0.25) is 0 Å². The number of hydrogen-bond donors (Lipinski definition) is 2. The molecule has 2 N–H and O–H groups in total. The summed E-state index contributed by atoms with van der Waals surface area (Å²) in [6.45, 7) is 10.5. The van der Waals surface area contributed by atoms with E-state index in [1.807, 2.05) is 0 Å². The summed E-state index contributed by atoms with van der Waals surface area (Å²) in [6, 6.07) is 18.1. The van der Waals surface area contributed by atoms with Gasteiger partial charge in [-0.1, -0.05) is 58.4 Å². The second-order valence-corrected chi connectivity index (χ2v) is 10.0. The molecular formula is C29H36IrNO2-. The van der Waals surface area contributed by atoms with Gasteiger partial charge in [-0.05, 0) is 54.8 Å². The zero-order valence-corrected chi connectivity index (χ0v) is 22.7. The van der Waals surface area contributed by atoms with E-state index < -0.39 is 0 Å². The normalized spacial score (nSPS) is 28.1. The van der Waals surface area contributed by atoms with Crippen LogP contribution in [-0.2, 0) is 20.1 Å². The predicted molar refractivity (Wildman–Crippen MR) is 131 cm³/mol. The predicted octanol–water partition coefficient (Wildman–Crippen LogP) is 6.04. The van der Waals surface area contributed by atoms with Crippen molar-refractivity contribution in [1.82, 2.24) is 4.98 Å². The third-order valence-corrected chi connectivity index (χ3v) is 7.58. The van der Waals surface area contributed by atoms with E-state index in [1.165, 1.54) is 16.5 Å². The number of pyridine rings is 1. The fourth-order valence-corrected chi connectivity index (χ4v) is 5.91. The van der Waals surface area contributed by atoms with E-state index in [-0.39, 0.29) is 38.2 Å². The second kappa shape index (κ2) is 10.8. The minimum atomic E-state index is -0.253. The first-order valence-electron chi connectivity index (χ1n) is 12.0. The van der Waals surface area contributed by atoms with E-state index in [9.17, 15) is 10.2 Å². The number of hydrogen-bond acceptors (Lipinski definition) is 3. The van der Waals surface area contributed by atoms with Crippen molar-refractivity contribution in [2.75, 3.05) is 0 Å². The molecule has 0 saturated heterocycles. The maximum Gasteiger partial charge on any atom is 0.0623 e. The molecule has 0 aliphatic heterocycles. The summed E-state index contributed by atoms with van der Waals surface area (Å²) in [5.41, 5.74) is 6.77. The van der Waals surface area contributed by atoms with Crippen LogP contribution in [-0.4, -0.2) is 27.4 Å². The molecular weight excluding hydrogens is 587 g/mol. The quantitative estimate of drug-likeness (QED) is 0.343. The molecule has 1 heterocycles. The maximum atomic E-state index is 9.99. The minimum Gasteiger partial charge on any atom is -0.392 e. The van der Waals surface area contributed by atoms with Crippen LogP contribution in [0.1, 0.15) is 49.8 Å². The van der Waals surface area contributed by atoms with E-state index in [4.69, 9.17) is 4.98 Å². The zero-order chi connectivity index (χ0) is 23.0. The van der Waals surface area contributed by atoms with Gasteiger partial charge in [-0.2, -0.15) is 0 Å². The number of aryl methyl sites for hydroxylation is 3. The monoisotopic (exact) mass is 623 g/mol. The first-order valence-corrected chi connectivity index (χ1v) is 12.0. The smallest absolute Gasteiger partial charge is 0.0623 e. The van der Waals surface area contributed by atoms with Gasteiger partial charge in [0.25, 0.3) is 0 Å². The fraction of sp³-hybridized carbons (Fsp3) is 0.483. The molecule has 0 spiro atoms. The summed E-state index contributed by atoms with van der Waals surface area (Å²) in [5, 5.41) is 21.1. The summed E-state index contributed by atoms with van der Waals surface area (Å²) in [5.74, 6) is 1.60. The molecule has 1 aromatic heterocycles. The van der Waals surface area contributed by atoms with E-state index in [2.05, 4.69) is 83.1 Å². The van der Waals surface area contributed by atoms with Crippen molar-refractivity contribution in [3.05, 3.63) is 65.2 Å². The summed E-state index contributed by atoms with van der Waals surface area (Å²) < 4.78 is 0. The van der Waals surface area contributed by atoms with Crippen LogP contribution in [0.15, 0.2) is 42.5 Å². The Labute approximate surface area is 212 Å². The van der Waals surface area contributed by atoms with E-state index in [0.29, 0.717) is 17.8 Å². The van der Waals surface area contributed by atoms with Gasteiger partial charge in [0.2, 0.25) is 0 Å². The molecule has 3 nitrogen and oxygen atoms in total. The van der Waals surface area contributed by atoms with Crippen LogP contribution in [0.4, 0.5) is 0 Å². The van der Waals surface area contributed by atoms with Crippen LogP contribution >= 0.6 is 0 Å². The summed E-state index contributed by atoms with van der Waals surface area (Å²) >= 11 is 0. The first-order chi connectivity index (χ1) is 15.3. The molecule has 0 amide bonds. The molecule has 6 atom stereocenters. The number of benzene rings is 2. The van der Waals surface area contributed by atoms with Gasteiger partial charge in [-0.25, -0.2) is 0 Å². The molecule has 2 aliphatic rings. The van der Waals surface area contributed by atoms with E-state index in [1.54, 1.807) is 0 Å². The summed E-state index contributed by atoms with van der Waals surface area (Å²) in [6.07, 6.45) is 2.80. The molecule has 179 valence electrons. The van der Waals surface area contributed by atoms with Gasteiger partial charge >= 0.3 is 0 Å². The van der Waals surface area contributed by atoms with Gasteiger partial charge in [0.15, 0.2) is 0 Å². The van der Waals surface area contributed by atoms with Crippen LogP contribution in [0, 0.1) is 50.5 Å². The number of aliphatic hydroxyl groups is 2. The van der Waals surface area contributed by atoms with Crippen LogP contribution < -0.4 is 0 Å². The number of aliphatic hydroxyl groups excluding tert-OH is 2. The minimum absolute atomic E-state index is 0. The van der Waals surface area contributed by atoms with Gasteiger partial charge in [0, 0.05) is 31.4 Å². The van der Waals surface area contributed by atoms with Crippen LogP contribution in [0.5, 0.6) is 0 Å². The average molecular weight is 623 g/mol. The van der Waals surface area contributed by atoms with Gasteiger partial charge in [-0.15, -0.1) is 34.9 Å². The Bertz CT molecular complexity index is 1080. The first kappa shape index (κ1) is 26.0. The SMILES string of the molecule is CC[C@H]1CC2C[C@H](C)C(O)C2C1O.Cc1[c-]c(-c2ccc3c(C)cccc3n2)cc(C)c1.[Ir]. The molecule has 33 heavy (non-hydrogen) atoms. The Morgan fingerprint density at radius 2 is 1.76 bits per heavy atom. The van der Waals surface area contributed by atoms with Crippen LogP contribution in [0.3, 0.4) is 0 Å². The molecule has 3 aromatic rings. The van der Waals surface area contributed by atoms with Crippen molar-refractivity contribution < 1.29 is 30.3 Å². The van der Waals surface area contributed by atoms with Crippen molar-refractivity contribution in [2.24, 2.45) is 23.7 Å². The molecule has 4 heteroatoms. The standard InChI is InChI=1S/C18H16N.C11H20O2.Ir/c1-12-9-13(2)11-15(10-12)17-8-7-16-14(3)5-4-6-18(16)19-17;1-3-7-5-8-4-6(2)10(12)9(8)11(7)13;/h4-10H,1-3H3;6-13H,3-5H2,1-2H3;/q-1;;/t;6-,7-,8?,9?,10?,11?;/m.0./s1.